The van der Waals surface area contributed by atoms with Crippen LogP contribution in [-0.4, -0.2) is 15.9 Å². The van der Waals surface area contributed by atoms with Crippen LogP contribution in [0.4, 0.5) is 5.69 Å². The summed E-state index contributed by atoms with van der Waals surface area (Å²) in [6.07, 6.45) is 3.41. The van der Waals surface area contributed by atoms with Crippen molar-refractivity contribution < 1.29 is 4.79 Å². The summed E-state index contributed by atoms with van der Waals surface area (Å²) in [5, 5.41) is 3.73. The molecule has 0 radical (unpaired) electrons. The molecule has 104 valence electrons. The highest BCUT2D eigenvalue weighted by Crippen LogP contribution is 2.18. The molecule has 3 rings (SSSR count). The van der Waals surface area contributed by atoms with Crippen molar-refractivity contribution in [2.75, 3.05) is 5.73 Å². The van der Waals surface area contributed by atoms with E-state index in [1.807, 2.05) is 30.3 Å². The zero-order valence-electron chi connectivity index (χ0n) is 11.3. The smallest absolute Gasteiger partial charge is 0.270 e. The van der Waals surface area contributed by atoms with E-state index < -0.39 is 0 Å². The molecule has 3 aromatic rings. The summed E-state index contributed by atoms with van der Waals surface area (Å²) in [4.78, 5) is 20.5. The van der Waals surface area contributed by atoms with Crippen molar-refractivity contribution in [3.05, 3.63) is 66.1 Å². The van der Waals surface area contributed by atoms with Crippen LogP contribution >= 0.6 is 0 Å². The molecule has 0 bridgehead atoms. The third-order valence-corrected chi connectivity index (χ3v) is 3.16. The van der Waals surface area contributed by atoms with E-state index >= 15 is 0 Å². The van der Waals surface area contributed by atoms with Crippen molar-refractivity contribution in [3.63, 3.8) is 0 Å². The SMILES string of the molecule is Nc1cccc2ccc(C(=O)NCc3cccnc3)nc12. The molecule has 2 aromatic heterocycles. The lowest BCUT2D eigenvalue weighted by Gasteiger charge is -2.06. The summed E-state index contributed by atoms with van der Waals surface area (Å²) in [5.41, 5.74) is 8.38. The van der Waals surface area contributed by atoms with Crippen molar-refractivity contribution in [2.45, 2.75) is 6.54 Å². The summed E-state index contributed by atoms with van der Waals surface area (Å²) in [7, 11) is 0. The second-order valence-electron chi connectivity index (χ2n) is 4.66. The van der Waals surface area contributed by atoms with Gasteiger partial charge in [0.25, 0.3) is 5.91 Å². The first-order valence-electron chi connectivity index (χ1n) is 6.56. The molecule has 0 saturated carbocycles. The van der Waals surface area contributed by atoms with Crippen molar-refractivity contribution >= 4 is 22.5 Å². The van der Waals surface area contributed by atoms with Crippen LogP contribution < -0.4 is 11.1 Å². The highest BCUT2D eigenvalue weighted by Gasteiger charge is 2.09. The van der Waals surface area contributed by atoms with E-state index in [4.69, 9.17) is 5.73 Å². The predicted molar refractivity (Wildman–Crippen MR) is 81.6 cm³/mol. The third kappa shape index (κ3) is 2.81. The summed E-state index contributed by atoms with van der Waals surface area (Å²) < 4.78 is 0. The molecule has 0 spiro atoms. The molecule has 0 aliphatic heterocycles. The van der Waals surface area contributed by atoms with Crippen LogP contribution in [0.15, 0.2) is 54.9 Å². The van der Waals surface area contributed by atoms with Gasteiger partial charge < -0.3 is 11.1 Å². The van der Waals surface area contributed by atoms with E-state index in [0.717, 1.165) is 10.9 Å². The number of fused-ring (bicyclic) bond motifs is 1. The Bertz CT molecular complexity index is 787. The summed E-state index contributed by atoms with van der Waals surface area (Å²) in [6.45, 7) is 0.413. The van der Waals surface area contributed by atoms with Crippen LogP contribution in [0.25, 0.3) is 10.9 Å². The highest BCUT2D eigenvalue weighted by molar-refractivity contribution is 5.97. The molecule has 1 aromatic carbocycles. The van der Waals surface area contributed by atoms with Gasteiger partial charge >= 0.3 is 0 Å². The number of benzene rings is 1. The molecular weight excluding hydrogens is 264 g/mol. The van der Waals surface area contributed by atoms with Gasteiger partial charge in [0.2, 0.25) is 0 Å². The minimum absolute atomic E-state index is 0.232. The van der Waals surface area contributed by atoms with Gasteiger partial charge in [-0.15, -0.1) is 0 Å². The number of anilines is 1. The number of carbonyl (C=O) groups excluding carboxylic acids is 1. The molecule has 5 heteroatoms. The van der Waals surface area contributed by atoms with Crippen LogP contribution in [0.2, 0.25) is 0 Å². The maximum atomic E-state index is 12.1. The Balaban J connectivity index is 1.80. The number of para-hydroxylation sites is 1. The van der Waals surface area contributed by atoms with E-state index in [9.17, 15) is 4.79 Å². The molecule has 2 heterocycles. The fraction of sp³-hybridized carbons (Fsp3) is 0.0625. The summed E-state index contributed by atoms with van der Waals surface area (Å²) in [6, 6.07) is 12.8. The number of nitrogens with one attached hydrogen (secondary N) is 1. The van der Waals surface area contributed by atoms with Gasteiger partial charge in [0.1, 0.15) is 5.69 Å². The highest BCUT2D eigenvalue weighted by atomic mass is 16.1. The second kappa shape index (κ2) is 5.58. The lowest BCUT2D eigenvalue weighted by atomic mass is 10.1. The van der Waals surface area contributed by atoms with E-state index in [0.29, 0.717) is 23.4 Å². The first-order chi connectivity index (χ1) is 10.2. The third-order valence-electron chi connectivity index (χ3n) is 3.16. The van der Waals surface area contributed by atoms with Crippen LogP contribution in [0.5, 0.6) is 0 Å². The maximum Gasteiger partial charge on any atom is 0.270 e. The van der Waals surface area contributed by atoms with Gasteiger partial charge in [0.05, 0.1) is 11.2 Å². The zero-order chi connectivity index (χ0) is 14.7. The minimum Gasteiger partial charge on any atom is -0.397 e. The predicted octanol–water partition coefficient (Wildman–Crippen LogP) is 2.14. The Labute approximate surface area is 121 Å². The Morgan fingerprint density at radius 1 is 1.14 bits per heavy atom. The standard InChI is InChI=1S/C16H14N4O/c17-13-5-1-4-12-6-7-14(20-15(12)13)16(21)19-10-11-3-2-8-18-9-11/h1-9H,10,17H2,(H,19,21). The lowest BCUT2D eigenvalue weighted by Crippen LogP contribution is -2.23. The van der Waals surface area contributed by atoms with Crippen LogP contribution in [0.1, 0.15) is 16.1 Å². The van der Waals surface area contributed by atoms with Gasteiger partial charge in [0.15, 0.2) is 0 Å². The molecule has 0 aliphatic rings. The maximum absolute atomic E-state index is 12.1. The number of rotatable bonds is 3. The van der Waals surface area contributed by atoms with Crippen molar-refractivity contribution in [1.82, 2.24) is 15.3 Å². The molecule has 3 N–H and O–H groups in total. The first-order valence-corrected chi connectivity index (χ1v) is 6.56. The molecule has 0 saturated heterocycles. The van der Waals surface area contributed by atoms with Gasteiger partial charge in [-0.25, -0.2) is 4.98 Å². The van der Waals surface area contributed by atoms with Crippen LogP contribution in [-0.2, 0) is 6.54 Å². The molecule has 0 fully saturated rings. The van der Waals surface area contributed by atoms with Crippen molar-refractivity contribution in [1.29, 1.82) is 0 Å². The topological polar surface area (TPSA) is 80.9 Å². The second-order valence-corrected chi connectivity index (χ2v) is 4.66. The van der Waals surface area contributed by atoms with Gasteiger partial charge in [-0.1, -0.05) is 24.3 Å². The molecule has 21 heavy (non-hydrogen) atoms. The number of aromatic nitrogens is 2. The van der Waals surface area contributed by atoms with Gasteiger partial charge in [0, 0.05) is 24.3 Å². The fourth-order valence-electron chi connectivity index (χ4n) is 2.07. The number of amides is 1. The molecular formula is C16H14N4O. The Kier molecular flexibility index (Phi) is 3.47. The number of nitrogen functional groups attached to an aromatic ring is 1. The van der Waals surface area contributed by atoms with E-state index in [1.54, 1.807) is 24.5 Å². The van der Waals surface area contributed by atoms with E-state index in [2.05, 4.69) is 15.3 Å². The molecule has 0 unspecified atom stereocenters. The Morgan fingerprint density at radius 3 is 2.86 bits per heavy atom. The Morgan fingerprint density at radius 2 is 2.05 bits per heavy atom. The number of hydrogen-bond acceptors (Lipinski definition) is 4. The number of pyridine rings is 2. The van der Waals surface area contributed by atoms with Gasteiger partial charge in [-0.2, -0.15) is 0 Å². The molecule has 0 atom stereocenters. The number of hydrogen-bond donors (Lipinski definition) is 2. The summed E-state index contributed by atoms with van der Waals surface area (Å²) in [5.74, 6) is -0.232. The fourth-order valence-corrected chi connectivity index (χ4v) is 2.07. The monoisotopic (exact) mass is 278 g/mol. The largest absolute Gasteiger partial charge is 0.397 e. The molecule has 1 amide bonds. The number of nitrogens with zero attached hydrogens (tertiary/aromatic N) is 2. The van der Waals surface area contributed by atoms with Crippen LogP contribution in [0, 0.1) is 0 Å². The van der Waals surface area contributed by atoms with Gasteiger partial charge in [-0.05, 0) is 23.8 Å². The van der Waals surface area contributed by atoms with Crippen molar-refractivity contribution in [3.8, 4) is 0 Å². The lowest BCUT2D eigenvalue weighted by molar-refractivity contribution is 0.0946. The molecule has 5 nitrogen and oxygen atoms in total. The van der Waals surface area contributed by atoms with E-state index in [-0.39, 0.29) is 5.91 Å². The van der Waals surface area contributed by atoms with E-state index in [1.165, 1.54) is 0 Å². The zero-order valence-corrected chi connectivity index (χ0v) is 11.3. The van der Waals surface area contributed by atoms with Crippen LogP contribution in [0.3, 0.4) is 0 Å². The normalized spacial score (nSPS) is 10.5. The minimum atomic E-state index is -0.232. The summed E-state index contributed by atoms with van der Waals surface area (Å²) >= 11 is 0. The first kappa shape index (κ1) is 13.1. The van der Waals surface area contributed by atoms with Crippen molar-refractivity contribution in [2.24, 2.45) is 0 Å². The van der Waals surface area contributed by atoms with Gasteiger partial charge in [-0.3, -0.25) is 9.78 Å². The molecule has 0 aliphatic carbocycles. The quantitative estimate of drug-likeness (QED) is 0.719. The average molecular weight is 278 g/mol. The number of carbonyl (C=O) groups is 1. The Hall–Kier alpha value is -2.95. The number of nitrogens with two attached hydrogens (primary N) is 1. The average Bonchev–Trinajstić information content (AvgIpc) is 2.54.